The van der Waals surface area contributed by atoms with Crippen LogP contribution in [-0.2, 0) is 0 Å². The Morgan fingerprint density at radius 3 is 2.00 bits per heavy atom. The molecule has 0 rings (SSSR count). The molecule has 0 radical (unpaired) electrons. The molecular weight excluding hydrogens is 194 g/mol. The van der Waals surface area contributed by atoms with Crippen molar-refractivity contribution in [3.05, 3.63) is 0 Å². The summed E-state index contributed by atoms with van der Waals surface area (Å²) < 4.78 is 0. The van der Waals surface area contributed by atoms with E-state index in [1.165, 1.54) is 70.8 Å². The maximum Gasteiger partial charge on any atom is 0.00669 e. The maximum atomic E-state index is 3.67. The van der Waals surface area contributed by atoms with E-state index in [9.17, 15) is 0 Å². The van der Waals surface area contributed by atoms with E-state index in [4.69, 9.17) is 0 Å². The van der Waals surface area contributed by atoms with Crippen molar-refractivity contribution in [3.63, 3.8) is 0 Å². The van der Waals surface area contributed by atoms with Crippen LogP contribution < -0.4 is 5.32 Å². The summed E-state index contributed by atoms with van der Waals surface area (Å²) >= 11 is 0. The first-order chi connectivity index (χ1) is 7.85. The number of hydrogen-bond acceptors (Lipinski definition) is 1. The zero-order chi connectivity index (χ0) is 12.1. The van der Waals surface area contributed by atoms with Crippen LogP contribution in [0.5, 0.6) is 0 Å². The fraction of sp³-hybridized carbons (Fsp3) is 1.00. The molecular formula is C15H33N. The average molecular weight is 227 g/mol. The second-order valence-corrected chi connectivity index (χ2v) is 5.00. The summed E-state index contributed by atoms with van der Waals surface area (Å²) in [6.07, 6.45) is 13.8. The Hall–Kier alpha value is -0.0400. The van der Waals surface area contributed by atoms with Gasteiger partial charge in [-0.15, -0.1) is 0 Å². The van der Waals surface area contributed by atoms with E-state index in [0.717, 1.165) is 6.04 Å². The molecule has 0 aromatic carbocycles. The lowest BCUT2D eigenvalue weighted by atomic mass is 10.0. The van der Waals surface area contributed by atoms with Gasteiger partial charge in [0.05, 0.1) is 0 Å². The normalized spacial score (nSPS) is 12.9. The van der Waals surface area contributed by atoms with Crippen LogP contribution in [0.4, 0.5) is 0 Å². The van der Waals surface area contributed by atoms with Gasteiger partial charge in [0.2, 0.25) is 0 Å². The summed E-state index contributed by atoms with van der Waals surface area (Å²) in [6.45, 7) is 8.02. The summed E-state index contributed by atoms with van der Waals surface area (Å²) in [4.78, 5) is 0. The molecule has 16 heavy (non-hydrogen) atoms. The molecule has 1 unspecified atom stereocenters. The van der Waals surface area contributed by atoms with Gasteiger partial charge in [0.25, 0.3) is 0 Å². The van der Waals surface area contributed by atoms with Crippen molar-refractivity contribution >= 4 is 0 Å². The van der Waals surface area contributed by atoms with Crippen molar-refractivity contribution in [1.82, 2.24) is 5.32 Å². The molecule has 0 bridgehead atoms. The van der Waals surface area contributed by atoms with E-state index in [2.05, 4.69) is 26.1 Å². The van der Waals surface area contributed by atoms with Crippen LogP contribution in [-0.4, -0.2) is 12.6 Å². The van der Waals surface area contributed by atoms with Crippen LogP contribution in [0.3, 0.4) is 0 Å². The van der Waals surface area contributed by atoms with E-state index in [1.54, 1.807) is 0 Å². The molecule has 0 aliphatic heterocycles. The maximum absolute atomic E-state index is 3.67. The van der Waals surface area contributed by atoms with Gasteiger partial charge in [-0.05, 0) is 25.8 Å². The minimum Gasteiger partial charge on any atom is -0.314 e. The predicted molar refractivity (Wildman–Crippen MR) is 75.0 cm³/mol. The molecule has 1 atom stereocenters. The summed E-state index contributed by atoms with van der Waals surface area (Å²) in [5, 5.41) is 3.67. The minimum atomic E-state index is 0.788. The Morgan fingerprint density at radius 2 is 1.38 bits per heavy atom. The van der Waals surface area contributed by atoms with E-state index < -0.39 is 0 Å². The van der Waals surface area contributed by atoms with Crippen LogP contribution in [0.25, 0.3) is 0 Å². The Bertz CT molecular complexity index is 123. The summed E-state index contributed by atoms with van der Waals surface area (Å²) in [5.74, 6) is 0. The van der Waals surface area contributed by atoms with Gasteiger partial charge in [0.15, 0.2) is 0 Å². The van der Waals surface area contributed by atoms with Crippen molar-refractivity contribution in [3.8, 4) is 0 Å². The predicted octanol–water partition coefficient (Wildman–Crippen LogP) is 4.91. The molecule has 1 N–H and O–H groups in total. The number of rotatable bonds is 12. The standard InChI is InChI=1S/C15H33N/c1-4-7-8-9-10-11-13-15(12-5-2)16-14-6-3/h15-16H,4-14H2,1-3H3. The van der Waals surface area contributed by atoms with Gasteiger partial charge in [-0.1, -0.05) is 65.7 Å². The molecule has 0 aliphatic rings. The zero-order valence-electron chi connectivity index (χ0n) is 11.9. The molecule has 0 aromatic rings. The van der Waals surface area contributed by atoms with Crippen molar-refractivity contribution in [2.45, 2.75) is 91.0 Å². The smallest absolute Gasteiger partial charge is 0.00669 e. The lowest BCUT2D eigenvalue weighted by Crippen LogP contribution is -2.29. The molecule has 1 nitrogen and oxygen atoms in total. The van der Waals surface area contributed by atoms with E-state index in [1.807, 2.05) is 0 Å². The first kappa shape index (κ1) is 16.0. The number of hydrogen-bond donors (Lipinski definition) is 1. The topological polar surface area (TPSA) is 12.0 Å². The first-order valence-corrected chi connectivity index (χ1v) is 7.58. The largest absolute Gasteiger partial charge is 0.314 e. The summed E-state index contributed by atoms with van der Waals surface area (Å²) in [7, 11) is 0. The average Bonchev–Trinajstić information content (AvgIpc) is 2.30. The minimum absolute atomic E-state index is 0.788. The highest BCUT2D eigenvalue weighted by atomic mass is 14.9. The lowest BCUT2D eigenvalue weighted by Gasteiger charge is -2.17. The third-order valence-corrected chi connectivity index (χ3v) is 3.23. The van der Waals surface area contributed by atoms with E-state index >= 15 is 0 Å². The number of unbranched alkanes of at least 4 members (excludes halogenated alkanes) is 5. The monoisotopic (exact) mass is 227 g/mol. The molecule has 98 valence electrons. The lowest BCUT2D eigenvalue weighted by molar-refractivity contribution is 0.427. The van der Waals surface area contributed by atoms with Gasteiger partial charge in [-0.25, -0.2) is 0 Å². The van der Waals surface area contributed by atoms with Crippen LogP contribution in [0.1, 0.15) is 85.0 Å². The highest BCUT2D eigenvalue weighted by molar-refractivity contribution is 4.65. The first-order valence-electron chi connectivity index (χ1n) is 7.58. The molecule has 0 saturated carbocycles. The van der Waals surface area contributed by atoms with E-state index in [-0.39, 0.29) is 0 Å². The van der Waals surface area contributed by atoms with E-state index in [0.29, 0.717) is 0 Å². The third kappa shape index (κ3) is 10.5. The summed E-state index contributed by atoms with van der Waals surface area (Å²) in [5.41, 5.74) is 0. The molecule has 0 aliphatic carbocycles. The number of nitrogens with one attached hydrogen (secondary N) is 1. The fourth-order valence-electron chi connectivity index (χ4n) is 2.22. The second-order valence-electron chi connectivity index (χ2n) is 5.00. The van der Waals surface area contributed by atoms with Gasteiger partial charge >= 0.3 is 0 Å². The highest BCUT2D eigenvalue weighted by Crippen LogP contribution is 2.11. The van der Waals surface area contributed by atoms with Gasteiger partial charge in [0, 0.05) is 6.04 Å². The Balaban J connectivity index is 3.36. The van der Waals surface area contributed by atoms with Crippen molar-refractivity contribution in [2.75, 3.05) is 6.54 Å². The third-order valence-electron chi connectivity index (χ3n) is 3.23. The van der Waals surface area contributed by atoms with Crippen LogP contribution >= 0.6 is 0 Å². The molecule has 1 heteroatoms. The van der Waals surface area contributed by atoms with Crippen LogP contribution in [0, 0.1) is 0 Å². The van der Waals surface area contributed by atoms with Gasteiger partial charge < -0.3 is 5.32 Å². The van der Waals surface area contributed by atoms with Crippen molar-refractivity contribution < 1.29 is 0 Å². The Kier molecular flexibility index (Phi) is 13.0. The van der Waals surface area contributed by atoms with Crippen LogP contribution in [0.15, 0.2) is 0 Å². The fourth-order valence-corrected chi connectivity index (χ4v) is 2.22. The van der Waals surface area contributed by atoms with Gasteiger partial charge in [0.1, 0.15) is 0 Å². The molecule has 0 amide bonds. The molecule has 0 spiro atoms. The van der Waals surface area contributed by atoms with Crippen molar-refractivity contribution in [1.29, 1.82) is 0 Å². The quantitative estimate of drug-likeness (QED) is 0.467. The molecule has 0 saturated heterocycles. The molecule has 0 aromatic heterocycles. The molecule has 0 fully saturated rings. The van der Waals surface area contributed by atoms with Gasteiger partial charge in [-0.2, -0.15) is 0 Å². The summed E-state index contributed by atoms with van der Waals surface area (Å²) in [6, 6.07) is 0.788. The molecule has 0 heterocycles. The SMILES string of the molecule is CCCCCCCCC(CCC)NCCC. The Morgan fingerprint density at radius 1 is 0.688 bits per heavy atom. The Labute approximate surface area is 103 Å². The van der Waals surface area contributed by atoms with Gasteiger partial charge in [-0.3, -0.25) is 0 Å². The second kappa shape index (κ2) is 13.0. The van der Waals surface area contributed by atoms with Crippen molar-refractivity contribution in [2.24, 2.45) is 0 Å². The van der Waals surface area contributed by atoms with Crippen LogP contribution in [0.2, 0.25) is 0 Å². The highest BCUT2D eigenvalue weighted by Gasteiger charge is 2.05. The zero-order valence-corrected chi connectivity index (χ0v) is 11.9.